The van der Waals surface area contributed by atoms with Crippen LogP contribution in [0, 0.1) is 0 Å². The Kier molecular flexibility index (Phi) is 3.07. The molecule has 18 heavy (non-hydrogen) atoms. The Balaban J connectivity index is 1.83. The Morgan fingerprint density at radius 2 is 2.28 bits per heavy atom. The van der Waals surface area contributed by atoms with Crippen LogP contribution in [0.25, 0.3) is 0 Å². The summed E-state index contributed by atoms with van der Waals surface area (Å²) in [6.07, 6.45) is 4.33. The van der Waals surface area contributed by atoms with Crippen LogP contribution in [0.5, 0.6) is 5.88 Å². The van der Waals surface area contributed by atoms with E-state index in [0.717, 1.165) is 31.1 Å². The van der Waals surface area contributed by atoms with E-state index in [-0.39, 0.29) is 0 Å². The predicted molar refractivity (Wildman–Crippen MR) is 70.2 cm³/mol. The van der Waals surface area contributed by atoms with Crippen molar-refractivity contribution in [3.63, 3.8) is 0 Å². The molecular formula is C13H20N4O. The van der Waals surface area contributed by atoms with E-state index in [1.165, 1.54) is 12.8 Å². The quantitative estimate of drug-likeness (QED) is 0.870. The number of hydrogen-bond donors (Lipinski definition) is 1. The minimum atomic E-state index is 0.495. The van der Waals surface area contributed by atoms with Crippen molar-refractivity contribution in [1.29, 1.82) is 0 Å². The molecule has 1 atom stereocenters. The van der Waals surface area contributed by atoms with Gasteiger partial charge >= 0.3 is 0 Å². The molecule has 1 saturated carbocycles. The van der Waals surface area contributed by atoms with Crippen molar-refractivity contribution in [1.82, 2.24) is 15.3 Å². The molecule has 0 bridgehead atoms. The van der Waals surface area contributed by atoms with Crippen LogP contribution in [-0.4, -0.2) is 42.8 Å². The van der Waals surface area contributed by atoms with E-state index >= 15 is 0 Å². The number of anilines is 1. The summed E-state index contributed by atoms with van der Waals surface area (Å²) in [5.74, 6) is 2.22. The molecular weight excluding hydrogens is 228 g/mol. The molecule has 0 spiro atoms. The summed E-state index contributed by atoms with van der Waals surface area (Å²) in [5.41, 5.74) is 1.03. The fourth-order valence-electron chi connectivity index (χ4n) is 2.45. The van der Waals surface area contributed by atoms with E-state index in [1.54, 1.807) is 7.11 Å². The molecule has 5 heteroatoms. The Bertz CT molecular complexity index is 433. The van der Waals surface area contributed by atoms with E-state index in [1.807, 2.05) is 6.20 Å². The van der Waals surface area contributed by atoms with Gasteiger partial charge in [-0.1, -0.05) is 0 Å². The number of ether oxygens (including phenoxy) is 1. The second-order valence-corrected chi connectivity index (χ2v) is 5.20. The van der Waals surface area contributed by atoms with Gasteiger partial charge in [0.15, 0.2) is 5.82 Å². The Hall–Kier alpha value is -1.36. The number of nitrogens with zero attached hydrogens (tertiary/aromatic N) is 3. The molecule has 2 aliphatic rings. The lowest BCUT2D eigenvalue weighted by Gasteiger charge is -2.32. The van der Waals surface area contributed by atoms with E-state index in [2.05, 4.69) is 27.1 Å². The van der Waals surface area contributed by atoms with Gasteiger partial charge in [-0.3, -0.25) is 4.98 Å². The van der Waals surface area contributed by atoms with Crippen molar-refractivity contribution in [2.24, 2.45) is 0 Å². The van der Waals surface area contributed by atoms with Crippen LogP contribution < -0.4 is 15.0 Å². The van der Waals surface area contributed by atoms with Crippen molar-refractivity contribution in [2.75, 3.05) is 31.6 Å². The van der Waals surface area contributed by atoms with E-state index in [4.69, 9.17) is 4.74 Å². The molecule has 5 nitrogen and oxygen atoms in total. The van der Waals surface area contributed by atoms with Gasteiger partial charge in [0.2, 0.25) is 5.88 Å². The molecule has 1 aliphatic heterocycles. The second-order valence-electron chi connectivity index (χ2n) is 5.20. The summed E-state index contributed by atoms with van der Waals surface area (Å²) < 4.78 is 5.39. The topological polar surface area (TPSA) is 50.3 Å². The highest BCUT2D eigenvalue weighted by Gasteiger charge is 2.30. The lowest BCUT2D eigenvalue weighted by Crippen LogP contribution is -2.49. The van der Waals surface area contributed by atoms with Crippen LogP contribution >= 0.6 is 0 Å². The molecule has 1 aromatic rings. The maximum absolute atomic E-state index is 5.39. The largest absolute Gasteiger partial charge is 0.480 e. The van der Waals surface area contributed by atoms with Gasteiger partial charge in [0.1, 0.15) is 5.69 Å². The van der Waals surface area contributed by atoms with Crippen molar-refractivity contribution in [2.45, 2.75) is 31.7 Å². The molecule has 0 unspecified atom stereocenters. The lowest BCUT2D eigenvalue weighted by molar-refractivity contribution is 0.388. The monoisotopic (exact) mass is 248 g/mol. The van der Waals surface area contributed by atoms with Crippen LogP contribution in [0.4, 0.5) is 5.82 Å². The first-order valence-corrected chi connectivity index (χ1v) is 6.67. The summed E-state index contributed by atoms with van der Waals surface area (Å²) in [4.78, 5) is 11.5. The number of hydrogen-bond acceptors (Lipinski definition) is 5. The number of methoxy groups -OCH3 is 1. The van der Waals surface area contributed by atoms with Crippen LogP contribution in [0.1, 0.15) is 31.4 Å². The van der Waals surface area contributed by atoms with E-state index in [9.17, 15) is 0 Å². The molecule has 1 N–H and O–H groups in total. The molecule has 0 radical (unpaired) electrons. The first kappa shape index (κ1) is 11.7. The Morgan fingerprint density at radius 1 is 1.44 bits per heavy atom. The normalized spacial score (nSPS) is 24.1. The molecule has 1 aliphatic carbocycles. The van der Waals surface area contributed by atoms with Gasteiger partial charge in [-0.05, 0) is 19.8 Å². The van der Waals surface area contributed by atoms with Crippen LogP contribution in [0.15, 0.2) is 6.20 Å². The fraction of sp³-hybridized carbons (Fsp3) is 0.692. The summed E-state index contributed by atoms with van der Waals surface area (Å²) in [6, 6.07) is 0.495. The Morgan fingerprint density at radius 3 is 2.94 bits per heavy atom. The molecule has 1 aromatic heterocycles. The summed E-state index contributed by atoms with van der Waals surface area (Å²) in [5, 5.41) is 3.43. The molecule has 98 valence electrons. The van der Waals surface area contributed by atoms with Gasteiger partial charge < -0.3 is 15.0 Å². The van der Waals surface area contributed by atoms with E-state index < -0.39 is 0 Å². The predicted octanol–water partition coefficient (Wildman–Crippen LogP) is 1.16. The van der Waals surface area contributed by atoms with Gasteiger partial charge in [-0.2, -0.15) is 4.98 Å². The maximum atomic E-state index is 5.39. The zero-order valence-electron chi connectivity index (χ0n) is 11.0. The summed E-state index contributed by atoms with van der Waals surface area (Å²) >= 11 is 0. The molecule has 2 heterocycles. The molecule has 2 fully saturated rings. The summed E-state index contributed by atoms with van der Waals surface area (Å²) in [7, 11) is 1.68. The third-order valence-corrected chi connectivity index (χ3v) is 3.60. The summed E-state index contributed by atoms with van der Waals surface area (Å²) in [6.45, 7) is 5.14. The standard InChI is InChI=1S/C13H20N4O/c1-9-8-17(6-5-14-9)11-7-15-12(10-3-4-10)13(16-11)18-2/h7,9-10,14H,3-6,8H2,1-2H3/t9-/m1/s1. The van der Waals surface area contributed by atoms with Crippen molar-refractivity contribution in [3.05, 3.63) is 11.9 Å². The molecule has 0 amide bonds. The first-order valence-electron chi connectivity index (χ1n) is 6.67. The van der Waals surface area contributed by atoms with Crippen molar-refractivity contribution in [3.8, 4) is 5.88 Å². The van der Waals surface area contributed by atoms with Gasteiger partial charge in [-0.15, -0.1) is 0 Å². The van der Waals surface area contributed by atoms with Gasteiger partial charge in [-0.25, -0.2) is 0 Å². The molecule has 3 rings (SSSR count). The van der Waals surface area contributed by atoms with Crippen LogP contribution in [-0.2, 0) is 0 Å². The molecule has 1 saturated heterocycles. The third-order valence-electron chi connectivity index (χ3n) is 3.60. The van der Waals surface area contributed by atoms with Crippen molar-refractivity contribution >= 4 is 5.82 Å². The minimum Gasteiger partial charge on any atom is -0.480 e. The third kappa shape index (κ3) is 2.27. The average Bonchev–Trinajstić information content (AvgIpc) is 3.22. The van der Waals surface area contributed by atoms with E-state index in [0.29, 0.717) is 17.8 Å². The number of rotatable bonds is 3. The lowest BCUT2D eigenvalue weighted by atomic mass is 10.2. The highest BCUT2D eigenvalue weighted by Crippen LogP contribution is 2.42. The van der Waals surface area contributed by atoms with Crippen molar-refractivity contribution < 1.29 is 4.74 Å². The van der Waals surface area contributed by atoms with Gasteiger partial charge in [0, 0.05) is 31.6 Å². The average molecular weight is 248 g/mol. The Labute approximate surface area is 108 Å². The zero-order chi connectivity index (χ0) is 12.5. The zero-order valence-corrected chi connectivity index (χ0v) is 11.0. The molecule has 0 aromatic carbocycles. The fourth-order valence-corrected chi connectivity index (χ4v) is 2.45. The van der Waals surface area contributed by atoms with Gasteiger partial charge in [0.25, 0.3) is 0 Å². The first-order chi connectivity index (χ1) is 8.78. The highest BCUT2D eigenvalue weighted by molar-refractivity contribution is 5.42. The number of piperazine rings is 1. The highest BCUT2D eigenvalue weighted by atomic mass is 16.5. The minimum absolute atomic E-state index is 0.495. The second kappa shape index (κ2) is 4.72. The van der Waals surface area contributed by atoms with Crippen LogP contribution in [0.2, 0.25) is 0 Å². The smallest absolute Gasteiger partial charge is 0.237 e. The number of nitrogens with one attached hydrogen (secondary N) is 1. The number of aromatic nitrogens is 2. The maximum Gasteiger partial charge on any atom is 0.237 e. The van der Waals surface area contributed by atoms with Crippen LogP contribution in [0.3, 0.4) is 0 Å². The SMILES string of the molecule is COc1nc(N2CCN[C@H](C)C2)cnc1C1CC1. The van der Waals surface area contributed by atoms with Gasteiger partial charge in [0.05, 0.1) is 13.3 Å².